The lowest BCUT2D eigenvalue weighted by Crippen LogP contribution is -2.43. The van der Waals surface area contributed by atoms with E-state index in [-0.39, 0.29) is 5.56 Å². The van der Waals surface area contributed by atoms with Gasteiger partial charge in [0.1, 0.15) is 0 Å². The summed E-state index contributed by atoms with van der Waals surface area (Å²) in [5, 5.41) is 3.59. The fourth-order valence-corrected chi connectivity index (χ4v) is 1.80. The van der Waals surface area contributed by atoms with E-state index in [2.05, 4.69) is 5.32 Å². The van der Waals surface area contributed by atoms with Gasteiger partial charge >= 0.3 is 18.2 Å². The Kier molecular flexibility index (Phi) is 6.98. The highest BCUT2D eigenvalue weighted by Crippen LogP contribution is 2.35. The minimum absolute atomic E-state index is 0.0659. The minimum Gasteiger partial charge on any atom is -0.449 e. The summed E-state index contributed by atoms with van der Waals surface area (Å²) >= 11 is 5.49. The maximum Gasteiger partial charge on any atom is 0.417 e. The van der Waals surface area contributed by atoms with Crippen molar-refractivity contribution in [3.63, 3.8) is 0 Å². The Morgan fingerprint density at radius 1 is 1.28 bits per heavy atom. The van der Waals surface area contributed by atoms with Crippen LogP contribution in [0.25, 0.3) is 6.08 Å². The first-order valence-corrected chi connectivity index (χ1v) is 7.20. The second kappa shape index (κ2) is 8.52. The lowest BCUT2D eigenvalue weighted by Gasteiger charge is -2.11. The van der Waals surface area contributed by atoms with Crippen LogP contribution in [0.4, 0.5) is 18.0 Å². The molecule has 1 atom stereocenters. The standard InChI is InChI=1S/C15H14ClF3N2O4/c1-8(13(23)21-14(24)20-2)25-12(22)6-4-9-3-5-11(16)10(7-9)15(17,18)19/h3-8H,1-2H3,(H2,20,21,23,24)/b6-4+/t8-/m1/s1. The Bertz CT molecular complexity index is 705. The monoisotopic (exact) mass is 378 g/mol. The number of carbonyl (C=O) groups is 3. The molecule has 2 N–H and O–H groups in total. The number of carbonyl (C=O) groups excluding carboxylic acids is 3. The third-order valence-electron chi connectivity index (χ3n) is 2.83. The molecule has 1 aromatic rings. The zero-order chi connectivity index (χ0) is 19.2. The first kappa shape index (κ1) is 20.5. The van der Waals surface area contributed by atoms with Crippen LogP contribution in [-0.4, -0.2) is 31.1 Å². The quantitative estimate of drug-likeness (QED) is 0.623. The molecule has 0 saturated heterocycles. The van der Waals surface area contributed by atoms with Gasteiger partial charge in [-0.05, 0) is 30.7 Å². The van der Waals surface area contributed by atoms with E-state index in [4.69, 9.17) is 16.3 Å². The van der Waals surface area contributed by atoms with Gasteiger partial charge in [0.25, 0.3) is 5.91 Å². The maximum absolute atomic E-state index is 12.7. The van der Waals surface area contributed by atoms with Gasteiger partial charge < -0.3 is 10.1 Å². The third-order valence-corrected chi connectivity index (χ3v) is 3.16. The lowest BCUT2D eigenvalue weighted by atomic mass is 10.1. The van der Waals surface area contributed by atoms with E-state index < -0.39 is 40.8 Å². The molecule has 0 aromatic heterocycles. The van der Waals surface area contributed by atoms with Gasteiger partial charge in [-0.25, -0.2) is 9.59 Å². The number of hydrogen-bond acceptors (Lipinski definition) is 4. The zero-order valence-corrected chi connectivity index (χ0v) is 13.9. The minimum atomic E-state index is -4.63. The normalized spacial score (nSPS) is 12.6. The molecule has 0 heterocycles. The maximum atomic E-state index is 12.7. The van der Waals surface area contributed by atoms with E-state index in [1.54, 1.807) is 0 Å². The summed E-state index contributed by atoms with van der Waals surface area (Å²) in [7, 11) is 1.29. The smallest absolute Gasteiger partial charge is 0.417 e. The third kappa shape index (κ3) is 6.46. The molecule has 136 valence electrons. The van der Waals surface area contributed by atoms with Crippen molar-refractivity contribution in [1.82, 2.24) is 10.6 Å². The van der Waals surface area contributed by atoms with Crippen molar-refractivity contribution in [3.8, 4) is 0 Å². The van der Waals surface area contributed by atoms with Crippen LogP contribution in [0.1, 0.15) is 18.1 Å². The zero-order valence-electron chi connectivity index (χ0n) is 13.1. The molecule has 25 heavy (non-hydrogen) atoms. The average molecular weight is 379 g/mol. The topological polar surface area (TPSA) is 84.5 Å². The fourth-order valence-electron chi connectivity index (χ4n) is 1.57. The van der Waals surface area contributed by atoms with E-state index in [0.717, 1.165) is 24.3 Å². The van der Waals surface area contributed by atoms with Gasteiger partial charge in [-0.1, -0.05) is 17.7 Å². The summed E-state index contributed by atoms with van der Waals surface area (Å²) in [4.78, 5) is 34.1. The molecular formula is C15H14ClF3N2O4. The molecule has 0 aliphatic heterocycles. The Morgan fingerprint density at radius 3 is 2.48 bits per heavy atom. The van der Waals surface area contributed by atoms with Crippen LogP contribution in [0.15, 0.2) is 24.3 Å². The van der Waals surface area contributed by atoms with Crippen LogP contribution in [0, 0.1) is 0 Å². The van der Waals surface area contributed by atoms with E-state index in [1.165, 1.54) is 20.0 Å². The number of urea groups is 1. The molecular weight excluding hydrogens is 365 g/mol. The molecule has 1 aromatic carbocycles. The molecule has 1 rings (SSSR count). The summed E-state index contributed by atoms with van der Waals surface area (Å²) in [6, 6.07) is 2.33. The fraction of sp³-hybridized carbons (Fsp3) is 0.267. The summed E-state index contributed by atoms with van der Waals surface area (Å²) < 4.78 is 43.0. The van der Waals surface area contributed by atoms with Crippen molar-refractivity contribution in [1.29, 1.82) is 0 Å². The first-order valence-electron chi connectivity index (χ1n) is 6.82. The van der Waals surface area contributed by atoms with Crippen molar-refractivity contribution in [3.05, 3.63) is 40.4 Å². The van der Waals surface area contributed by atoms with Gasteiger partial charge in [-0.3, -0.25) is 10.1 Å². The molecule has 0 radical (unpaired) electrons. The molecule has 6 nitrogen and oxygen atoms in total. The second-order valence-corrected chi connectivity index (χ2v) is 5.13. The van der Waals surface area contributed by atoms with Gasteiger partial charge in [0.2, 0.25) is 0 Å². The highest BCUT2D eigenvalue weighted by atomic mass is 35.5. The summed E-state index contributed by atoms with van der Waals surface area (Å²) in [6.07, 6.45) is -3.97. The van der Waals surface area contributed by atoms with Crippen LogP contribution in [0.3, 0.4) is 0 Å². The van der Waals surface area contributed by atoms with Crippen LogP contribution in [-0.2, 0) is 20.5 Å². The molecule has 0 bridgehead atoms. The highest BCUT2D eigenvalue weighted by molar-refractivity contribution is 6.31. The van der Waals surface area contributed by atoms with Crippen molar-refractivity contribution >= 4 is 35.6 Å². The van der Waals surface area contributed by atoms with Crippen LogP contribution >= 0.6 is 11.6 Å². The Morgan fingerprint density at radius 2 is 1.92 bits per heavy atom. The van der Waals surface area contributed by atoms with Crippen LogP contribution < -0.4 is 10.6 Å². The molecule has 0 aliphatic rings. The number of nitrogens with one attached hydrogen (secondary N) is 2. The van der Waals surface area contributed by atoms with Gasteiger partial charge in [0, 0.05) is 13.1 Å². The predicted octanol–water partition coefficient (Wildman–Crippen LogP) is 2.76. The molecule has 0 spiro atoms. The van der Waals surface area contributed by atoms with Gasteiger partial charge in [0.15, 0.2) is 6.10 Å². The van der Waals surface area contributed by atoms with Crippen molar-refractivity contribution in [2.75, 3.05) is 7.05 Å². The molecule has 0 aliphatic carbocycles. The Hall–Kier alpha value is -2.55. The Balaban J connectivity index is 2.74. The number of rotatable bonds is 4. The number of hydrogen-bond donors (Lipinski definition) is 2. The van der Waals surface area contributed by atoms with Gasteiger partial charge in [-0.15, -0.1) is 0 Å². The number of benzene rings is 1. The second-order valence-electron chi connectivity index (χ2n) is 4.72. The summed E-state index contributed by atoms with van der Waals surface area (Å²) in [6.45, 7) is 1.23. The summed E-state index contributed by atoms with van der Waals surface area (Å²) in [5.74, 6) is -1.82. The van der Waals surface area contributed by atoms with Crippen molar-refractivity contribution in [2.45, 2.75) is 19.2 Å². The van der Waals surface area contributed by atoms with E-state index in [9.17, 15) is 27.6 Å². The van der Waals surface area contributed by atoms with Gasteiger partial charge in [0.05, 0.1) is 10.6 Å². The Labute approximate surface area is 146 Å². The molecule has 10 heteroatoms. The predicted molar refractivity (Wildman–Crippen MR) is 83.6 cm³/mol. The number of imide groups is 1. The average Bonchev–Trinajstić information content (AvgIpc) is 2.52. The SMILES string of the molecule is CNC(=O)NC(=O)[C@@H](C)OC(=O)/C=C/c1ccc(Cl)c(C(F)(F)F)c1. The van der Waals surface area contributed by atoms with E-state index >= 15 is 0 Å². The van der Waals surface area contributed by atoms with Crippen LogP contribution in [0.2, 0.25) is 5.02 Å². The number of ether oxygens (including phenoxy) is 1. The number of alkyl halides is 3. The molecule has 3 amide bonds. The molecule has 0 fully saturated rings. The van der Waals surface area contributed by atoms with Crippen molar-refractivity contribution < 1.29 is 32.3 Å². The van der Waals surface area contributed by atoms with Crippen LogP contribution in [0.5, 0.6) is 0 Å². The largest absolute Gasteiger partial charge is 0.449 e. The number of esters is 1. The highest BCUT2D eigenvalue weighted by Gasteiger charge is 2.33. The summed E-state index contributed by atoms with van der Waals surface area (Å²) in [5.41, 5.74) is -0.973. The van der Waals surface area contributed by atoms with E-state index in [0.29, 0.717) is 0 Å². The molecule has 0 unspecified atom stereocenters. The lowest BCUT2D eigenvalue weighted by molar-refractivity contribution is -0.149. The number of halogens is 4. The molecule has 0 saturated carbocycles. The van der Waals surface area contributed by atoms with Gasteiger partial charge in [-0.2, -0.15) is 13.2 Å². The number of amides is 3. The van der Waals surface area contributed by atoms with Crippen molar-refractivity contribution in [2.24, 2.45) is 0 Å². The first-order chi connectivity index (χ1) is 11.5. The van der Waals surface area contributed by atoms with E-state index in [1.807, 2.05) is 5.32 Å².